The van der Waals surface area contributed by atoms with E-state index < -0.39 is 0 Å². The van der Waals surface area contributed by atoms with Crippen LogP contribution in [0.5, 0.6) is 0 Å². The number of carbonyl (C=O) groups is 1. The van der Waals surface area contributed by atoms with E-state index in [9.17, 15) is 4.79 Å². The smallest absolute Gasteiger partial charge is 0.247 e. The molecule has 7 heteroatoms. The molecular weight excluding hydrogens is 280 g/mol. The summed E-state index contributed by atoms with van der Waals surface area (Å²) in [6.45, 7) is 2.75. The molecule has 22 heavy (non-hydrogen) atoms. The molecule has 1 aliphatic heterocycles. The summed E-state index contributed by atoms with van der Waals surface area (Å²) in [5, 5.41) is 4.01. The number of nitrogens with zero attached hydrogens (tertiary/aromatic N) is 4. The van der Waals surface area contributed by atoms with E-state index in [2.05, 4.69) is 25.3 Å². The van der Waals surface area contributed by atoms with Crippen molar-refractivity contribution in [1.82, 2.24) is 19.9 Å². The van der Waals surface area contributed by atoms with Crippen molar-refractivity contribution in [3.63, 3.8) is 0 Å². The highest BCUT2D eigenvalue weighted by Gasteiger charge is 2.25. The van der Waals surface area contributed by atoms with Crippen LogP contribution in [-0.2, 0) is 4.79 Å². The summed E-state index contributed by atoms with van der Waals surface area (Å²) in [6, 6.07) is 3.96. The lowest BCUT2D eigenvalue weighted by atomic mass is 10.2. The predicted octanol–water partition coefficient (Wildman–Crippen LogP) is 2.04. The normalized spacial score (nSPS) is 14.0. The summed E-state index contributed by atoms with van der Waals surface area (Å²) in [7, 11) is 0. The fourth-order valence-electron chi connectivity index (χ4n) is 2.61. The Morgan fingerprint density at radius 1 is 1.36 bits per heavy atom. The Morgan fingerprint density at radius 2 is 2.27 bits per heavy atom. The van der Waals surface area contributed by atoms with Gasteiger partial charge in [-0.15, -0.1) is 0 Å². The maximum absolute atomic E-state index is 12.0. The average molecular weight is 296 g/mol. The first-order valence-electron chi connectivity index (χ1n) is 7.11. The Labute approximate surface area is 127 Å². The Hall–Kier alpha value is -2.96. The molecule has 7 nitrogen and oxygen atoms in total. The quantitative estimate of drug-likeness (QED) is 0.755. The average Bonchev–Trinajstić information content (AvgIpc) is 3.01. The monoisotopic (exact) mass is 296 g/mol. The minimum absolute atomic E-state index is 0. The number of aromatic amines is 1. The molecule has 4 rings (SSSR count). The first-order valence-corrected chi connectivity index (χ1v) is 7.11. The predicted molar refractivity (Wildman–Crippen MR) is 85.8 cm³/mol. The van der Waals surface area contributed by atoms with Crippen LogP contribution in [0, 0.1) is 0 Å². The van der Waals surface area contributed by atoms with Gasteiger partial charge in [-0.25, -0.2) is 15.0 Å². The van der Waals surface area contributed by atoms with Gasteiger partial charge in [-0.1, -0.05) is 0 Å². The minimum Gasteiger partial charge on any atom is -0.358 e. The first-order chi connectivity index (χ1) is 10.8. The minimum atomic E-state index is 0. The van der Waals surface area contributed by atoms with Crippen molar-refractivity contribution in [2.75, 3.05) is 23.3 Å². The molecule has 3 aromatic rings. The van der Waals surface area contributed by atoms with Gasteiger partial charge in [0.1, 0.15) is 5.65 Å². The van der Waals surface area contributed by atoms with Crippen LogP contribution in [-0.4, -0.2) is 38.9 Å². The summed E-state index contributed by atoms with van der Waals surface area (Å²) in [5.74, 6) is 1.21. The lowest BCUT2D eigenvalue weighted by Gasteiger charge is -2.27. The molecule has 112 valence electrons. The first kappa shape index (κ1) is 12.8. The molecule has 0 unspecified atom stereocenters. The molecule has 0 aromatic carbocycles. The van der Waals surface area contributed by atoms with Gasteiger partial charge in [0.15, 0.2) is 11.6 Å². The van der Waals surface area contributed by atoms with Gasteiger partial charge in [0.2, 0.25) is 5.91 Å². The van der Waals surface area contributed by atoms with Crippen molar-refractivity contribution in [3.05, 3.63) is 30.7 Å². The standard InChI is InChI=1S/C15H14N6O.H2/c1-2-21-12(22)8-19-14-15(21)20-11(7-18-14)10-5-9-3-4-16-13(9)17-6-10;/h3-7H,2,8H2,1H3,(H,16,17)(H,18,19);1H. The maximum atomic E-state index is 12.0. The second kappa shape index (κ2) is 4.80. The lowest BCUT2D eigenvalue weighted by molar-refractivity contribution is -0.117. The number of fused-ring (bicyclic) bond motifs is 2. The van der Waals surface area contributed by atoms with Crippen LogP contribution >= 0.6 is 0 Å². The van der Waals surface area contributed by atoms with Gasteiger partial charge in [-0.2, -0.15) is 0 Å². The molecule has 1 aliphatic rings. The third-order valence-electron chi connectivity index (χ3n) is 3.73. The maximum Gasteiger partial charge on any atom is 0.247 e. The van der Waals surface area contributed by atoms with E-state index in [4.69, 9.17) is 0 Å². The van der Waals surface area contributed by atoms with Gasteiger partial charge in [0.25, 0.3) is 0 Å². The second-order valence-corrected chi connectivity index (χ2v) is 5.06. The Bertz CT molecular complexity index is 877. The zero-order chi connectivity index (χ0) is 15.1. The molecule has 0 fully saturated rings. The molecule has 0 saturated carbocycles. The number of hydrogen-bond donors (Lipinski definition) is 2. The van der Waals surface area contributed by atoms with E-state index in [0.29, 0.717) is 23.9 Å². The van der Waals surface area contributed by atoms with E-state index >= 15 is 0 Å². The second-order valence-electron chi connectivity index (χ2n) is 5.06. The van der Waals surface area contributed by atoms with Gasteiger partial charge >= 0.3 is 0 Å². The number of rotatable bonds is 2. The number of amides is 1. The Balaban J connectivity index is 0.00000156. The number of nitrogens with one attached hydrogen (secondary N) is 2. The molecule has 1 amide bonds. The summed E-state index contributed by atoms with van der Waals surface area (Å²) in [6.07, 6.45) is 5.30. The van der Waals surface area contributed by atoms with E-state index in [1.54, 1.807) is 17.3 Å². The van der Waals surface area contributed by atoms with Crippen LogP contribution in [0.15, 0.2) is 30.7 Å². The summed E-state index contributed by atoms with van der Waals surface area (Å²) in [4.78, 5) is 30.0. The number of pyridine rings is 1. The molecule has 3 aromatic heterocycles. The topological polar surface area (TPSA) is 86.8 Å². The highest BCUT2D eigenvalue weighted by Crippen LogP contribution is 2.28. The molecule has 0 radical (unpaired) electrons. The number of likely N-dealkylation sites (N-methyl/N-ethyl adjacent to an activating group) is 1. The molecule has 4 heterocycles. The van der Waals surface area contributed by atoms with Crippen molar-refractivity contribution in [1.29, 1.82) is 0 Å². The zero-order valence-electron chi connectivity index (χ0n) is 12.0. The van der Waals surface area contributed by atoms with Crippen molar-refractivity contribution in [2.24, 2.45) is 0 Å². The van der Waals surface area contributed by atoms with Crippen LogP contribution in [0.4, 0.5) is 11.6 Å². The number of H-pyrrole nitrogens is 1. The van der Waals surface area contributed by atoms with Crippen molar-refractivity contribution < 1.29 is 6.22 Å². The van der Waals surface area contributed by atoms with Crippen LogP contribution in [0.2, 0.25) is 0 Å². The van der Waals surface area contributed by atoms with Crippen molar-refractivity contribution >= 4 is 28.6 Å². The zero-order valence-corrected chi connectivity index (χ0v) is 12.0. The van der Waals surface area contributed by atoms with Crippen LogP contribution in [0.25, 0.3) is 22.3 Å². The number of aromatic nitrogens is 4. The van der Waals surface area contributed by atoms with Crippen LogP contribution in [0.3, 0.4) is 0 Å². The number of carbonyl (C=O) groups excluding carboxylic acids is 1. The molecule has 0 spiro atoms. The number of hydrogen-bond acceptors (Lipinski definition) is 5. The fraction of sp³-hybridized carbons (Fsp3) is 0.200. The fourth-order valence-corrected chi connectivity index (χ4v) is 2.61. The molecule has 2 N–H and O–H groups in total. The van der Waals surface area contributed by atoms with E-state index in [0.717, 1.165) is 16.6 Å². The SMILES string of the molecule is CCN1C(=O)CNc2ncc(-c3cnc4[nH]ccc4c3)nc21.[HH]. The molecule has 0 bridgehead atoms. The van der Waals surface area contributed by atoms with E-state index in [1.165, 1.54) is 0 Å². The van der Waals surface area contributed by atoms with Gasteiger partial charge < -0.3 is 10.3 Å². The largest absolute Gasteiger partial charge is 0.358 e. The highest BCUT2D eigenvalue weighted by atomic mass is 16.2. The van der Waals surface area contributed by atoms with E-state index in [-0.39, 0.29) is 13.9 Å². The summed E-state index contributed by atoms with van der Waals surface area (Å²) >= 11 is 0. The third-order valence-corrected chi connectivity index (χ3v) is 3.73. The highest BCUT2D eigenvalue weighted by molar-refractivity contribution is 6.00. The van der Waals surface area contributed by atoms with Crippen LogP contribution < -0.4 is 10.2 Å². The molecule has 0 aliphatic carbocycles. The van der Waals surface area contributed by atoms with Gasteiger partial charge in [0.05, 0.1) is 18.4 Å². The molecule has 0 saturated heterocycles. The summed E-state index contributed by atoms with van der Waals surface area (Å²) in [5.41, 5.74) is 2.41. The Kier molecular flexibility index (Phi) is 2.78. The molecular formula is C15H16N6O. The van der Waals surface area contributed by atoms with Gasteiger partial charge in [-0.05, 0) is 19.1 Å². The van der Waals surface area contributed by atoms with Crippen molar-refractivity contribution in [2.45, 2.75) is 6.92 Å². The third kappa shape index (κ3) is 1.90. The number of anilines is 2. The van der Waals surface area contributed by atoms with Gasteiger partial charge in [-0.3, -0.25) is 9.69 Å². The molecule has 0 atom stereocenters. The van der Waals surface area contributed by atoms with E-state index in [1.807, 2.05) is 25.3 Å². The van der Waals surface area contributed by atoms with Gasteiger partial charge in [0, 0.05) is 31.3 Å². The Morgan fingerprint density at radius 3 is 3.14 bits per heavy atom. The lowest BCUT2D eigenvalue weighted by Crippen LogP contribution is -2.40. The van der Waals surface area contributed by atoms with Crippen LogP contribution in [0.1, 0.15) is 8.35 Å². The van der Waals surface area contributed by atoms with Crippen molar-refractivity contribution in [3.8, 4) is 11.3 Å². The summed E-state index contributed by atoms with van der Waals surface area (Å²) < 4.78 is 0.